The molecule has 0 fully saturated rings. The lowest BCUT2D eigenvalue weighted by molar-refractivity contribution is -0.120. The summed E-state index contributed by atoms with van der Waals surface area (Å²) in [7, 11) is -3.47. The average molecular weight is 203 g/mol. The first-order valence-electron chi connectivity index (χ1n) is 3.45. The van der Waals surface area contributed by atoms with E-state index in [1.165, 1.54) is 10.9 Å². The van der Waals surface area contributed by atoms with Gasteiger partial charge in [-0.1, -0.05) is 0 Å². The monoisotopic (exact) mass is 203 g/mol. The Hall–Kier alpha value is -1.37. The van der Waals surface area contributed by atoms with Gasteiger partial charge in [-0.3, -0.25) is 14.2 Å². The van der Waals surface area contributed by atoms with Crippen LogP contribution in [0.4, 0.5) is 0 Å². The van der Waals surface area contributed by atoms with Gasteiger partial charge in [0.2, 0.25) is 10.0 Å². The van der Waals surface area contributed by atoms with Crippen molar-refractivity contribution in [2.75, 3.05) is 6.26 Å². The molecule has 7 heteroatoms. The van der Waals surface area contributed by atoms with Crippen molar-refractivity contribution >= 4 is 15.9 Å². The molecule has 1 aromatic rings. The van der Waals surface area contributed by atoms with Crippen molar-refractivity contribution in [3.63, 3.8) is 0 Å². The van der Waals surface area contributed by atoms with Gasteiger partial charge in [0.25, 0.3) is 5.91 Å². The van der Waals surface area contributed by atoms with Gasteiger partial charge in [0, 0.05) is 12.4 Å². The van der Waals surface area contributed by atoms with E-state index < -0.39 is 15.9 Å². The minimum absolute atomic E-state index is 0.0972. The van der Waals surface area contributed by atoms with Crippen LogP contribution in [0.2, 0.25) is 0 Å². The third-order valence-electron chi connectivity index (χ3n) is 1.16. The van der Waals surface area contributed by atoms with Crippen molar-refractivity contribution in [3.05, 3.63) is 18.5 Å². The van der Waals surface area contributed by atoms with Crippen molar-refractivity contribution in [2.45, 2.75) is 6.54 Å². The van der Waals surface area contributed by atoms with Gasteiger partial charge in [0.1, 0.15) is 6.54 Å². The Morgan fingerprint density at radius 2 is 2.31 bits per heavy atom. The summed E-state index contributed by atoms with van der Waals surface area (Å²) in [6.45, 7) is -0.0972. The van der Waals surface area contributed by atoms with E-state index in [0.29, 0.717) is 0 Å². The molecule has 0 unspecified atom stereocenters. The molecule has 6 nitrogen and oxygen atoms in total. The number of nitrogens with zero attached hydrogens (tertiary/aromatic N) is 2. The Labute approximate surface area is 75.6 Å². The van der Waals surface area contributed by atoms with E-state index in [2.05, 4.69) is 5.10 Å². The Balaban J connectivity index is 2.53. The molecule has 0 saturated heterocycles. The molecule has 0 aliphatic heterocycles. The zero-order chi connectivity index (χ0) is 9.90. The molecule has 13 heavy (non-hydrogen) atoms. The Bertz CT molecular complexity index is 381. The van der Waals surface area contributed by atoms with Gasteiger partial charge in [-0.05, 0) is 6.07 Å². The summed E-state index contributed by atoms with van der Waals surface area (Å²) in [5.74, 6) is -0.605. The number of carbonyl (C=O) groups is 1. The van der Waals surface area contributed by atoms with Crippen molar-refractivity contribution < 1.29 is 13.2 Å². The van der Waals surface area contributed by atoms with Gasteiger partial charge >= 0.3 is 0 Å². The molecule has 1 amide bonds. The Morgan fingerprint density at radius 1 is 1.62 bits per heavy atom. The van der Waals surface area contributed by atoms with Crippen LogP contribution in [0.5, 0.6) is 0 Å². The molecular weight excluding hydrogens is 194 g/mol. The molecular formula is C6H9N3O3S. The number of aromatic nitrogens is 2. The van der Waals surface area contributed by atoms with Crippen LogP contribution in [0.25, 0.3) is 0 Å². The van der Waals surface area contributed by atoms with Crippen LogP contribution in [-0.4, -0.2) is 30.4 Å². The van der Waals surface area contributed by atoms with Gasteiger partial charge in [-0.25, -0.2) is 8.42 Å². The second-order valence-corrected chi connectivity index (χ2v) is 4.25. The molecule has 0 aromatic carbocycles. The number of amides is 1. The summed E-state index contributed by atoms with van der Waals surface area (Å²) in [6.07, 6.45) is 4.00. The van der Waals surface area contributed by atoms with Crippen LogP contribution < -0.4 is 4.72 Å². The van der Waals surface area contributed by atoms with Crippen LogP contribution in [-0.2, 0) is 21.4 Å². The van der Waals surface area contributed by atoms with Crippen LogP contribution in [0, 0.1) is 0 Å². The predicted octanol–water partition coefficient (Wildman–Crippen LogP) is -1.04. The van der Waals surface area contributed by atoms with Gasteiger partial charge in [-0.15, -0.1) is 0 Å². The zero-order valence-electron chi connectivity index (χ0n) is 6.97. The van der Waals surface area contributed by atoms with Crippen LogP contribution in [0.15, 0.2) is 18.5 Å². The summed E-state index contributed by atoms with van der Waals surface area (Å²) in [4.78, 5) is 11.0. The normalized spacial score (nSPS) is 11.2. The van der Waals surface area contributed by atoms with Crippen molar-refractivity contribution in [1.82, 2.24) is 14.5 Å². The van der Waals surface area contributed by atoms with E-state index in [1.54, 1.807) is 12.3 Å². The van der Waals surface area contributed by atoms with Gasteiger partial charge in [0.05, 0.1) is 6.26 Å². The molecule has 1 aromatic heterocycles. The van der Waals surface area contributed by atoms with Crippen molar-refractivity contribution in [1.29, 1.82) is 0 Å². The SMILES string of the molecule is CS(=O)(=O)NC(=O)Cn1cccn1. The standard InChI is InChI=1S/C6H9N3O3S/c1-13(11,12)8-6(10)5-9-4-2-3-7-9/h2-4H,5H2,1H3,(H,8,10). The van der Waals surface area contributed by atoms with Gasteiger partial charge < -0.3 is 0 Å². The van der Waals surface area contributed by atoms with E-state index in [-0.39, 0.29) is 6.54 Å². The number of sulfonamides is 1. The lowest BCUT2D eigenvalue weighted by Crippen LogP contribution is -2.32. The van der Waals surface area contributed by atoms with Crippen LogP contribution >= 0.6 is 0 Å². The highest BCUT2D eigenvalue weighted by Crippen LogP contribution is 1.85. The Morgan fingerprint density at radius 3 is 2.77 bits per heavy atom. The van der Waals surface area contributed by atoms with E-state index in [0.717, 1.165) is 6.26 Å². The second-order valence-electron chi connectivity index (χ2n) is 2.50. The summed E-state index contributed by atoms with van der Waals surface area (Å²) in [5, 5.41) is 3.75. The Kier molecular flexibility index (Phi) is 2.66. The first kappa shape index (κ1) is 9.72. The van der Waals surface area contributed by atoms with Crippen molar-refractivity contribution in [3.8, 4) is 0 Å². The zero-order valence-corrected chi connectivity index (χ0v) is 7.78. The summed E-state index contributed by atoms with van der Waals surface area (Å²) in [5.41, 5.74) is 0. The summed E-state index contributed by atoms with van der Waals surface area (Å²) in [6, 6.07) is 1.65. The molecule has 0 saturated carbocycles. The number of nitrogens with one attached hydrogen (secondary N) is 1. The quantitative estimate of drug-likeness (QED) is 0.680. The average Bonchev–Trinajstić information content (AvgIpc) is 2.34. The molecule has 0 atom stereocenters. The third kappa shape index (κ3) is 3.70. The highest BCUT2D eigenvalue weighted by Gasteiger charge is 2.08. The molecule has 0 aliphatic rings. The highest BCUT2D eigenvalue weighted by atomic mass is 32.2. The highest BCUT2D eigenvalue weighted by molar-refractivity contribution is 7.89. The first-order chi connectivity index (χ1) is 5.97. The van der Waals surface area contributed by atoms with Crippen LogP contribution in [0.1, 0.15) is 0 Å². The number of rotatable bonds is 3. The first-order valence-corrected chi connectivity index (χ1v) is 5.34. The molecule has 1 N–H and O–H groups in total. The topological polar surface area (TPSA) is 81.1 Å². The predicted molar refractivity (Wildman–Crippen MR) is 45.2 cm³/mol. The maximum Gasteiger partial charge on any atom is 0.255 e. The fraction of sp³-hybridized carbons (Fsp3) is 0.333. The molecule has 72 valence electrons. The van der Waals surface area contributed by atoms with E-state index >= 15 is 0 Å². The molecule has 0 aliphatic carbocycles. The fourth-order valence-corrected chi connectivity index (χ4v) is 1.26. The number of hydrogen-bond acceptors (Lipinski definition) is 4. The van der Waals surface area contributed by atoms with Gasteiger partial charge in [0.15, 0.2) is 0 Å². The summed E-state index contributed by atoms with van der Waals surface area (Å²) < 4.78 is 24.4. The lowest BCUT2D eigenvalue weighted by Gasteiger charge is -2.01. The maximum absolute atomic E-state index is 11.0. The van der Waals surface area contributed by atoms with E-state index in [4.69, 9.17) is 0 Å². The molecule has 1 rings (SSSR count). The number of hydrogen-bond donors (Lipinski definition) is 1. The maximum atomic E-state index is 11.0. The number of carbonyl (C=O) groups excluding carboxylic acids is 1. The minimum atomic E-state index is -3.47. The lowest BCUT2D eigenvalue weighted by atomic mass is 10.6. The minimum Gasteiger partial charge on any atom is -0.272 e. The van der Waals surface area contributed by atoms with Crippen molar-refractivity contribution in [2.24, 2.45) is 0 Å². The second kappa shape index (κ2) is 3.56. The van der Waals surface area contributed by atoms with Gasteiger partial charge in [-0.2, -0.15) is 5.10 Å². The largest absolute Gasteiger partial charge is 0.272 e. The molecule has 1 heterocycles. The van der Waals surface area contributed by atoms with Crippen LogP contribution in [0.3, 0.4) is 0 Å². The molecule has 0 spiro atoms. The smallest absolute Gasteiger partial charge is 0.255 e. The third-order valence-corrected chi connectivity index (χ3v) is 1.76. The molecule has 0 radical (unpaired) electrons. The fourth-order valence-electron chi connectivity index (χ4n) is 0.780. The van der Waals surface area contributed by atoms with E-state index in [9.17, 15) is 13.2 Å². The summed E-state index contributed by atoms with van der Waals surface area (Å²) >= 11 is 0. The molecule has 0 bridgehead atoms. The van der Waals surface area contributed by atoms with E-state index in [1.807, 2.05) is 4.72 Å².